The molecule has 0 spiro atoms. The Balaban J connectivity index is 1.66. The fraction of sp³-hybridized carbons (Fsp3) is 0.333. The number of aliphatic hydroxyl groups excluding tert-OH is 1. The van der Waals surface area contributed by atoms with Crippen molar-refractivity contribution in [3.8, 4) is 5.75 Å². The molecule has 1 aliphatic heterocycles. The first-order valence-electron chi connectivity index (χ1n) is 7.45. The second-order valence-corrected chi connectivity index (χ2v) is 5.98. The lowest BCUT2D eigenvalue weighted by Crippen LogP contribution is -2.19. The molecule has 2 aromatic rings. The maximum Gasteiger partial charge on any atom is 0.128 e. The van der Waals surface area contributed by atoms with Crippen molar-refractivity contribution in [2.24, 2.45) is 0 Å². The minimum atomic E-state index is -0.607. The summed E-state index contributed by atoms with van der Waals surface area (Å²) in [6, 6.07) is 12.7. The minimum Gasteiger partial charge on any atom is -0.485 e. The Kier molecular flexibility index (Phi) is 2.96. The fourth-order valence-corrected chi connectivity index (χ4v) is 3.05. The van der Waals surface area contributed by atoms with Gasteiger partial charge in [-0.1, -0.05) is 24.3 Å². The summed E-state index contributed by atoms with van der Waals surface area (Å²) in [4.78, 5) is 0. The third kappa shape index (κ3) is 2.42. The number of benzene rings is 2. The van der Waals surface area contributed by atoms with Gasteiger partial charge in [0, 0.05) is 18.1 Å². The number of halogens is 1. The van der Waals surface area contributed by atoms with Crippen molar-refractivity contribution < 1.29 is 14.2 Å². The van der Waals surface area contributed by atoms with E-state index in [0.717, 1.165) is 5.56 Å². The average Bonchev–Trinajstić information content (AvgIpc) is 3.31. The van der Waals surface area contributed by atoms with Crippen LogP contribution in [0.1, 0.15) is 54.1 Å². The molecule has 0 radical (unpaired) electrons. The van der Waals surface area contributed by atoms with E-state index in [2.05, 4.69) is 12.1 Å². The second kappa shape index (κ2) is 4.85. The number of hydrogen-bond donors (Lipinski definition) is 1. The minimum absolute atomic E-state index is 0.215. The van der Waals surface area contributed by atoms with Gasteiger partial charge in [-0.2, -0.15) is 0 Å². The Labute approximate surface area is 123 Å². The van der Waals surface area contributed by atoms with Crippen LogP contribution < -0.4 is 4.74 Å². The van der Waals surface area contributed by atoms with Gasteiger partial charge in [-0.15, -0.1) is 0 Å². The van der Waals surface area contributed by atoms with E-state index < -0.39 is 6.10 Å². The number of rotatable bonds is 2. The van der Waals surface area contributed by atoms with Crippen LogP contribution in [0.2, 0.25) is 0 Å². The zero-order valence-electron chi connectivity index (χ0n) is 11.6. The quantitative estimate of drug-likeness (QED) is 0.892. The fourth-order valence-electron chi connectivity index (χ4n) is 3.05. The van der Waals surface area contributed by atoms with Crippen LogP contribution in [0.5, 0.6) is 5.75 Å². The summed E-state index contributed by atoms with van der Waals surface area (Å²) in [5, 5.41) is 10.3. The molecule has 2 aliphatic rings. The van der Waals surface area contributed by atoms with E-state index >= 15 is 0 Å². The van der Waals surface area contributed by atoms with Gasteiger partial charge in [0.05, 0.1) is 6.10 Å². The smallest absolute Gasteiger partial charge is 0.128 e. The molecule has 4 rings (SSSR count). The van der Waals surface area contributed by atoms with Crippen molar-refractivity contribution >= 4 is 0 Å². The van der Waals surface area contributed by atoms with Gasteiger partial charge >= 0.3 is 0 Å². The summed E-state index contributed by atoms with van der Waals surface area (Å²) in [6.45, 7) is 0. The molecule has 2 unspecified atom stereocenters. The van der Waals surface area contributed by atoms with Gasteiger partial charge in [-0.3, -0.25) is 0 Å². The molecule has 21 heavy (non-hydrogen) atoms. The van der Waals surface area contributed by atoms with Crippen LogP contribution >= 0.6 is 0 Å². The summed E-state index contributed by atoms with van der Waals surface area (Å²) < 4.78 is 19.3. The van der Waals surface area contributed by atoms with Crippen molar-refractivity contribution in [1.82, 2.24) is 0 Å². The van der Waals surface area contributed by atoms with Crippen molar-refractivity contribution in [2.75, 3.05) is 0 Å². The molecule has 2 nitrogen and oxygen atoms in total. The normalized spacial score (nSPS) is 24.3. The molecule has 0 aromatic heterocycles. The summed E-state index contributed by atoms with van der Waals surface area (Å²) >= 11 is 0. The largest absolute Gasteiger partial charge is 0.485 e. The molecule has 2 atom stereocenters. The zero-order chi connectivity index (χ0) is 14.4. The van der Waals surface area contributed by atoms with E-state index in [1.165, 1.54) is 30.5 Å². The van der Waals surface area contributed by atoms with E-state index in [9.17, 15) is 9.50 Å². The maximum absolute atomic E-state index is 13.4. The van der Waals surface area contributed by atoms with Crippen molar-refractivity contribution in [3.05, 3.63) is 65.0 Å². The summed E-state index contributed by atoms with van der Waals surface area (Å²) in [5.41, 5.74) is 3.08. The summed E-state index contributed by atoms with van der Waals surface area (Å²) in [6.07, 6.45) is 2.20. The lowest BCUT2D eigenvalue weighted by atomic mass is 9.93. The lowest BCUT2D eigenvalue weighted by molar-refractivity contribution is 0.0653. The molecule has 0 bridgehead atoms. The number of ether oxygens (including phenoxy) is 1. The van der Waals surface area contributed by atoms with Crippen LogP contribution in [0.4, 0.5) is 4.39 Å². The highest BCUT2D eigenvalue weighted by atomic mass is 19.1. The van der Waals surface area contributed by atoms with Crippen molar-refractivity contribution in [3.63, 3.8) is 0 Å². The van der Waals surface area contributed by atoms with E-state index in [1.54, 1.807) is 6.07 Å². The Morgan fingerprint density at radius 3 is 2.67 bits per heavy atom. The van der Waals surface area contributed by atoms with Gasteiger partial charge in [-0.05, 0) is 42.0 Å². The second-order valence-electron chi connectivity index (χ2n) is 5.98. The van der Waals surface area contributed by atoms with Gasteiger partial charge in [0.25, 0.3) is 0 Å². The molecule has 1 N–H and O–H groups in total. The molecule has 2 aromatic carbocycles. The van der Waals surface area contributed by atoms with Crippen LogP contribution in [0.15, 0.2) is 42.5 Å². The first-order valence-corrected chi connectivity index (χ1v) is 7.45. The topological polar surface area (TPSA) is 29.5 Å². The molecule has 1 saturated carbocycles. The highest BCUT2D eigenvalue weighted by molar-refractivity contribution is 5.39. The highest BCUT2D eigenvalue weighted by Gasteiger charge is 2.30. The Hall–Kier alpha value is -1.87. The third-order valence-corrected chi connectivity index (χ3v) is 4.37. The lowest BCUT2D eigenvalue weighted by Gasteiger charge is -2.30. The molecule has 1 aliphatic carbocycles. The SMILES string of the molecule is OC1CC(c2cccc(C3CC3)c2)Oc2cc(F)ccc21. The maximum atomic E-state index is 13.4. The first-order chi connectivity index (χ1) is 10.2. The molecule has 0 saturated heterocycles. The van der Waals surface area contributed by atoms with E-state index in [0.29, 0.717) is 23.7 Å². The van der Waals surface area contributed by atoms with E-state index in [1.807, 2.05) is 12.1 Å². The Morgan fingerprint density at radius 2 is 1.86 bits per heavy atom. The predicted molar refractivity (Wildman–Crippen MR) is 77.8 cm³/mol. The van der Waals surface area contributed by atoms with E-state index in [4.69, 9.17) is 4.74 Å². The predicted octanol–water partition coefficient (Wildman–Crippen LogP) is 4.26. The van der Waals surface area contributed by atoms with Gasteiger partial charge < -0.3 is 9.84 Å². The monoisotopic (exact) mass is 284 g/mol. The highest BCUT2D eigenvalue weighted by Crippen LogP contribution is 2.44. The Morgan fingerprint density at radius 1 is 1.05 bits per heavy atom. The molecular formula is C18H17FO2. The standard InChI is InChI=1S/C18H17FO2/c19-14-6-7-15-16(20)10-17(21-18(15)9-14)13-3-1-2-12(8-13)11-4-5-11/h1-3,6-9,11,16-17,20H,4-5,10H2. The van der Waals surface area contributed by atoms with Crippen LogP contribution in [-0.2, 0) is 0 Å². The van der Waals surface area contributed by atoms with Crippen LogP contribution in [0.25, 0.3) is 0 Å². The number of fused-ring (bicyclic) bond motifs is 1. The summed E-state index contributed by atoms with van der Waals surface area (Å²) in [5.74, 6) is 0.798. The van der Waals surface area contributed by atoms with Gasteiger partial charge in [0.2, 0.25) is 0 Å². The van der Waals surface area contributed by atoms with E-state index in [-0.39, 0.29) is 11.9 Å². The average molecular weight is 284 g/mol. The zero-order valence-corrected chi connectivity index (χ0v) is 11.6. The molecule has 108 valence electrons. The van der Waals surface area contributed by atoms with Gasteiger partial charge in [-0.25, -0.2) is 4.39 Å². The number of aliphatic hydroxyl groups is 1. The van der Waals surface area contributed by atoms with Gasteiger partial charge in [0.15, 0.2) is 0 Å². The Bertz CT molecular complexity index is 679. The van der Waals surface area contributed by atoms with Gasteiger partial charge in [0.1, 0.15) is 17.7 Å². The van der Waals surface area contributed by atoms with Crippen molar-refractivity contribution in [2.45, 2.75) is 37.4 Å². The molecule has 0 amide bonds. The first kappa shape index (κ1) is 12.8. The van der Waals surface area contributed by atoms with Crippen LogP contribution in [-0.4, -0.2) is 5.11 Å². The molecular weight excluding hydrogens is 267 g/mol. The molecule has 3 heteroatoms. The van der Waals surface area contributed by atoms with Crippen molar-refractivity contribution in [1.29, 1.82) is 0 Å². The third-order valence-electron chi connectivity index (χ3n) is 4.37. The molecule has 1 heterocycles. The number of hydrogen-bond acceptors (Lipinski definition) is 2. The molecule has 1 fully saturated rings. The van der Waals surface area contributed by atoms with Crippen LogP contribution in [0.3, 0.4) is 0 Å². The summed E-state index contributed by atoms with van der Waals surface area (Å²) in [7, 11) is 0. The van der Waals surface area contributed by atoms with Crippen LogP contribution in [0, 0.1) is 5.82 Å².